The van der Waals surface area contributed by atoms with E-state index in [9.17, 15) is 28.8 Å². The van der Waals surface area contributed by atoms with Crippen LogP contribution in [0.4, 0.5) is 16.2 Å². The second-order valence-corrected chi connectivity index (χ2v) is 17.8. The Bertz CT molecular complexity index is 2020. The monoisotopic (exact) mass is 823 g/mol. The Hall–Kier alpha value is -5.10. The van der Waals surface area contributed by atoms with E-state index in [1.54, 1.807) is 17.0 Å². The van der Waals surface area contributed by atoms with Gasteiger partial charge in [0.05, 0.1) is 17.3 Å². The maximum atomic E-state index is 13.5. The third-order valence-corrected chi connectivity index (χ3v) is 14.0. The summed E-state index contributed by atoms with van der Waals surface area (Å²) in [7, 11) is 1.86. The smallest absolute Gasteiger partial charge is 0.320 e. The fourth-order valence-corrected chi connectivity index (χ4v) is 10.6. The summed E-state index contributed by atoms with van der Waals surface area (Å²) in [5, 5.41) is 16.4. The Kier molecular flexibility index (Phi) is 11.3. The number of hydrogen-bond donors (Lipinski definition) is 6. The minimum absolute atomic E-state index is 0.00927. The van der Waals surface area contributed by atoms with Crippen LogP contribution in [0.1, 0.15) is 83.6 Å². The van der Waals surface area contributed by atoms with Crippen LogP contribution in [0.25, 0.3) is 0 Å². The Balaban J connectivity index is 0.732. The van der Waals surface area contributed by atoms with E-state index < -0.39 is 47.8 Å². The third kappa shape index (κ3) is 7.95. The minimum atomic E-state index is -0.984. The number of nitrogens with one attached hydrogen (secondary N) is 5. The molecule has 9 rings (SSSR count). The number of fused-ring (bicyclic) bond motifs is 1. The Morgan fingerprint density at radius 1 is 0.883 bits per heavy atom. The van der Waals surface area contributed by atoms with E-state index >= 15 is 0 Å². The highest BCUT2D eigenvalue weighted by atomic mass is 16.2. The maximum Gasteiger partial charge on any atom is 0.320 e. The summed E-state index contributed by atoms with van der Waals surface area (Å²) in [6.07, 6.45) is 5.91. The van der Waals surface area contributed by atoms with Crippen LogP contribution in [-0.2, 0) is 14.4 Å². The molecule has 2 aromatic rings. The molecule has 6 aliphatic heterocycles. The standard InChI is InChI=1S/C43H57N11O6/c1-50-18-19-53(43(50)60)30-4-3-15-52(24-30)34-22-45-37(38(44)56)39(48-34)47-28-9-7-26(8-10-28)27-13-16-51(17-14-27)23-25-20-29(21-25)46-32-6-2-5-31-36(32)42(59)54(41(31)58)33-11-12-35(55)49-40(33)57/h2,5-10,25,27,29-30,33-34,37,39,45-48H,3-4,11-24H2,1H3,(H2,44,56)(H,49,55,57)/t25?,29?,30-,33-,34?,37?,39?/m1/s1. The molecule has 2 aromatic carbocycles. The lowest BCUT2D eigenvalue weighted by Crippen LogP contribution is -2.71. The van der Waals surface area contributed by atoms with Crippen molar-refractivity contribution in [3.05, 3.63) is 59.2 Å². The van der Waals surface area contributed by atoms with Gasteiger partial charge in [-0.2, -0.15) is 0 Å². The number of anilines is 2. The van der Waals surface area contributed by atoms with E-state index in [1.807, 2.05) is 18.0 Å². The molecule has 3 unspecified atom stereocenters. The lowest BCUT2D eigenvalue weighted by Gasteiger charge is -2.46. The van der Waals surface area contributed by atoms with Gasteiger partial charge in [-0.25, -0.2) is 4.79 Å². The lowest BCUT2D eigenvalue weighted by atomic mass is 9.79. The Morgan fingerprint density at radius 2 is 1.67 bits per heavy atom. The molecule has 1 aliphatic carbocycles. The number of carbonyl (C=O) groups is 6. The van der Waals surface area contributed by atoms with Crippen LogP contribution in [0, 0.1) is 5.92 Å². The van der Waals surface area contributed by atoms with Crippen molar-refractivity contribution >= 4 is 46.9 Å². The summed E-state index contributed by atoms with van der Waals surface area (Å²) in [5.41, 5.74) is 9.29. The number of rotatable bonds is 11. The van der Waals surface area contributed by atoms with Gasteiger partial charge in [0.25, 0.3) is 11.8 Å². The molecule has 5 saturated heterocycles. The zero-order valence-electron chi connectivity index (χ0n) is 34.2. The first-order valence-corrected chi connectivity index (χ1v) is 21.7. The summed E-state index contributed by atoms with van der Waals surface area (Å²) in [6, 6.07) is 12.7. The van der Waals surface area contributed by atoms with Crippen LogP contribution >= 0.6 is 0 Å². The molecular formula is C43H57N11O6. The number of piperidine rings is 3. The fraction of sp³-hybridized carbons (Fsp3) is 0.581. The number of benzene rings is 2. The quantitative estimate of drug-likeness (QED) is 0.177. The summed E-state index contributed by atoms with van der Waals surface area (Å²) in [5.74, 6) is -1.39. The van der Waals surface area contributed by atoms with Crippen LogP contribution in [0.3, 0.4) is 0 Å². The Morgan fingerprint density at radius 3 is 2.38 bits per heavy atom. The van der Waals surface area contributed by atoms with E-state index in [0.29, 0.717) is 29.6 Å². The fourth-order valence-electron chi connectivity index (χ4n) is 10.6. The first kappa shape index (κ1) is 40.3. The van der Waals surface area contributed by atoms with E-state index in [2.05, 4.69) is 60.6 Å². The summed E-state index contributed by atoms with van der Waals surface area (Å²) < 4.78 is 0. The molecule has 1 saturated carbocycles. The number of piperazine rings is 1. The predicted octanol–water partition coefficient (Wildman–Crippen LogP) is 1.10. The van der Waals surface area contributed by atoms with Gasteiger partial charge in [-0.05, 0) is 106 Å². The third-order valence-electron chi connectivity index (χ3n) is 14.0. The lowest BCUT2D eigenvalue weighted by molar-refractivity contribution is -0.136. The molecule has 0 spiro atoms. The van der Waals surface area contributed by atoms with Crippen molar-refractivity contribution in [1.29, 1.82) is 0 Å². The van der Waals surface area contributed by atoms with Crippen LogP contribution < -0.4 is 32.3 Å². The van der Waals surface area contributed by atoms with Gasteiger partial charge in [0, 0.05) is 69.7 Å². The van der Waals surface area contributed by atoms with Crippen molar-refractivity contribution in [2.75, 3.05) is 70.0 Å². The number of carbonyl (C=O) groups excluding carboxylic acids is 6. The number of amides is 7. The highest BCUT2D eigenvalue weighted by molar-refractivity contribution is 6.25. The number of primary amides is 1. The van der Waals surface area contributed by atoms with Gasteiger partial charge < -0.3 is 36.4 Å². The number of imide groups is 2. The van der Waals surface area contributed by atoms with Crippen molar-refractivity contribution < 1.29 is 28.8 Å². The summed E-state index contributed by atoms with van der Waals surface area (Å²) in [6.45, 7) is 6.90. The van der Waals surface area contributed by atoms with E-state index in [1.165, 1.54) is 5.56 Å². The van der Waals surface area contributed by atoms with E-state index in [-0.39, 0.29) is 42.7 Å². The molecule has 6 heterocycles. The normalized spacial score (nSPS) is 30.6. The van der Waals surface area contributed by atoms with Gasteiger partial charge >= 0.3 is 6.03 Å². The van der Waals surface area contributed by atoms with Crippen LogP contribution in [0.2, 0.25) is 0 Å². The molecule has 6 fully saturated rings. The molecule has 0 radical (unpaired) electrons. The predicted molar refractivity (Wildman–Crippen MR) is 223 cm³/mol. The molecule has 17 heteroatoms. The average Bonchev–Trinajstić information content (AvgIpc) is 3.70. The van der Waals surface area contributed by atoms with Gasteiger partial charge in [0.15, 0.2) is 0 Å². The zero-order valence-corrected chi connectivity index (χ0v) is 34.2. The topological polar surface area (TPSA) is 205 Å². The number of nitrogens with zero attached hydrogens (tertiary/aromatic N) is 5. The van der Waals surface area contributed by atoms with Crippen LogP contribution in [-0.4, -0.2) is 156 Å². The van der Waals surface area contributed by atoms with Crippen LogP contribution in [0.15, 0.2) is 42.5 Å². The van der Waals surface area contributed by atoms with E-state index in [4.69, 9.17) is 5.73 Å². The molecule has 320 valence electrons. The number of nitrogens with two attached hydrogens (primary N) is 1. The second-order valence-electron chi connectivity index (χ2n) is 17.8. The van der Waals surface area contributed by atoms with Crippen molar-refractivity contribution in [3.8, 4) is 0 Å². The molecule has 60 heavy (non-hydrogen) atoms. The summed E-state index contributed by atoms with van der Waals surface area (Å²) in [4.78, 5) is 85.9. The highest BCUT2D eigenvalue weighted by Gasteiger charge is 2.46. The zero-order chi connectivity index (χ0) is 41.7. The molecule has 7 aliphatic rings. The summed E-state index contributed by atoms with van der Waals surface area (Å²) >= 11 is 0. The van der Waals surface area contributed by atoms with Gasteiger partial charge in [0.1, 0.15) is 18.2 Å². The molecule has 0 bridgehead atoms. The largest absolute Gasteiger partial charge is 0.382 e. The SMILES string of the molecule is CN1CCN([C@@H]2CCCN(C3CNC(C(N)=O)C(Nc4ccc(C5CCN(CC6CC(Nc7cccc8c7C(=O)N([C@@H]7CCC(=O)NC7=O)C8=O)C6)CC5)cc4)N3)C2)C1=O. The number of hydrogen-bond acceptors (Lipinski definition) is 12. The van der Waals surface area contributed by atoms with Crippen molar-refractivity contribution in [1.82, 2.24) is 40.4 Å². The number of urea groups is 1. The molecule has 0 aromatic heterocycles. The first-order chi connectivity index (χ1) is 29.0. The second kappa shape index (κ2) is 16.7. The molecule has 7 N–H and O–H groups in total. The minimum Gasteiger partial charge on any atom is -0.382 e. The first-order valence-electron chi connectivity index (χ1n) is 21.7. The Labute approximate surface area is 350 Å². The van der Waals surface area contributed by atoms with Gasteiger partial charge in [-0.1, -0.05) is 18.2 Å². The molecule has 5 atom stereocenters. The molecule has 17 nitrogen and oxygen atoms in total. The van der Waals surface area contributed by atoms with Gasteiger partial charge in [-0.3, -0.25) is 44.4 Å². The molecule has 7 amide bonds. The van der Waals surface area contributed by atoms with Gasteiger partial charge in [0.2, 0.25) is 17.7 Å². The highest BCUT2D eigenvalue weighted by Crippen LogP contribution is 2.38. The van der Waals surface area contributed by atoms with E-state index in [0.717, 1.165) is 94.9 Å². The molecular weight excluding hydrogens is 767 g/mol. The number of likely N-dealkylation sites (tertiary alicyclic amines) is 2. The van der Waals surface area contributed by atoms with Crippen molar-refractivity contribution in [2.45, 2.75) is 93.8 Å². The van der Waals surface area contributed by atoms with Crippen molar-refractivity contribution in [3.63, 3.8) is 0 Å². The van der Waals surface area contributed by atoms with Crippen molar-refractivity contribution in [2.24, 2.45) is 11.7 Å². The maximum absolute atomic E-state index is 13.5. The van der Waals surface area contributed by atoms with Crippen LogP contribution in [0.5, 0.6) is 0 Å². The average molecular weight is 824 g/mol. The number of likely N-dealkylation sites (N-methyl/N-ethyl adjacent to an activating group) is 1. The van der Waals surface area contributed by atoms with Gasteiger partial charge in [-0.15, -0.1) is 0 Å².